The van der Waals surface area contributed by atoms with Crippen LogP contribution in [0.3, 0.4) is 0 Å². The zero-order valence-electron chi connectivity index (χ0n) is 15.0. The highest BCUT2D eigenvalue weighted by atomic mass is 32.2. The summed E-state index contributed by atoms with van der Waals surface area (Å²) in [6, 6.07) is 13.4. The number of sulfonamides is 1. The van der Waals surface area contributed by atoms with Gasteiger partial charge in [0.15, 0.2) is 5.78 Å². The first-order chi connectivity index (χ1) is 12.3. The first kappa shape index (κ1) is 18.4. The molecule has 0 aromatic heterocycles. The molecule has 1 fully saturated rings. The zero-order valence-corrected chi connectivity index (χ0v) is 15.8. The van der Waals surface area contributed by atoms with E-state index in [4.69, 9.17) is 0 Å². The standard InChI is InChI=1S/C19H23N3O3S/c1-15(23)16-3-9-19(10-4-16)26(24,25)20-17-5-7-18(8-6-17)22-13-11-21(2)12-14-22/h3-10,20H,11-14H2,1-2H3/p+1. The predicted octanol–water partition coefficient (Wildman–Crippen LogP) is 1.02. The average molecular weight is 374 g/mol. The van der Waals surface area contributed by atoms with Crippen molar-refractivity contribution < 1.29 is 18.1 Å². The summed E-state index contributed by atoms with van der Waals surface area (Å²) in [5.41, 5.74) is 2.11. The van der Waals surface area contributed by atoms with E-state index in [1.807, 2.05) is 12.1 Å². The normalized spacial score (nSPS) is 15.7. The van der Waals surface area contributed by atoms with Crippen LogP contribution in [0.15, 0.2) is 53.4 Å². The lowest BCUT2D eigenvalue weighted by Crippen LogP contribution is -3.12. The molecule has 2 N–H and O–H groups in total. The molecule has 7 heteroatoms. The van der Waals surface area contributed by atoms with Crippen molar-refractivity contribution in [1.29, 1.82) is 0 Å². The van der Waals surface area contributed by atoms with Gasteiger partial charge in [0.05, 0.1) is 38.1 Å². The molecule has 1 saturated heterocycles. The van der Waals surface area contributed by atoms with E-state index in [-0.39, 0.29) is 10.7 Å². The molecule has 0 bridgehead atoms. The second-order valence-electron chi connectivity index (χ2n) is 6.68. The van der Waals surface area contributed by atoms with E-state index in [0.29, 0.717) is 11.3 Å². The molecule has 2 aromatic rings. The van der Waals surface area contributed by atoms with Crippen LogP contribution >= 0.6 is 0 Å². The van der Waals surface area contributed by atoms with Gasteiger partial charge >= 0.3 is 0 Å². The number of rotatable bonds is 5. The lowest BCUT2D eigenvalue weighted by atomic mass is 10.2. The van der Waals surface area contributed by atoms with Crippen LogP contribution in [0.2, 0.25) is 0 Å². The summed E-state index contributed by atoms with van der Waals surface area (Å²) in [5, 5.41) is 0. The van der Waals surface area contributed by atoms with Gasteiger partial charge in [-0.1, -0.05) is 12.1 Å². The molecular weight excluding hydrogens is 350 g/mol. The molecule has 0 saturated carbocycles. The van der Waals surface area contributed by atoms with E-state index in [0.717, 1.165) is 31.9 Å². The molecule has 6 nitrogen and oxygen atoms in total. The van der Waals surface area contributed by atoms with Gasteiger partial charge in [-0.2, -0.15) is 0 Å². The van der Waals surface area contributed by atoms with Crippen molar-refractivity contribution in [3.05, 3.63) is 54.1 Å². The number of quaternary nitrogens is 1. The maximum Gasteiger partial charge on any atom is 0.261 e. The van der Waals surface area contributed by atoms with Gasteiger partial charge in [0.1, 0.15) is 0 Å². The fourth-order valence-electron chi connectivity index (χ4n) is 2.97. The molecule has 0 atom stereocenters. The number of carbonyl (C=O) groups excluding carboxylic acids is 1. The predicted molar refractivity (Wildman–Crippen MR) is 103 cm³/mol. The van der Waals surface area contributed by atoms with Gasteiger partial charge in [-0.15, -0.1) is 0 Å². The van der Waals surface area contributed by atoms with E-state index < -0.39 is 10.0 Å². The number of anilines is 2. The molecule has 0 spiro atoms. The van der Waals surface area contributed by atoms with Gasteiger partial charge in [0.2, 0.25) is 0 Å². The molecule has 0 amide bonds. The van der Waals surface area contributed by atoms with Crippen LogP contribution < -0.4 is 14.5 Å². The summed E-state index contributed by atoms with van der Waals surface area (Å²) in [4.78, 5) is 15.3. The fourth-order valence-corrected chi connectivity index (χ4v) is 4.03. The van der Waals surface area contributed by atoms with Crippen molar-refractivity contribution in [2.75, 3.05) is 42.8 Å². The van der Waals surface area contributed by atoms with E-state index >= 15 is 0 Å². The van der Waals surface area contributed by atoms with Crippen LogP contribution in [0.25, 0.3) is 0 Å². The molecule has 1 aliphatic rings. The van der Waals surface area contributed by atoms with Crippen molar-refractivity contribution in [2.45, 2.75) is 11.8 Å². The Morgan fingerprint density at radius 2 is 1.58 bits per heavy atom. The highest BCUT2D eigenvalue weighted by Gasteiger charge is 2.18. The molecular formula is C19H24N3O3S+. The molecule has 0 radical (unpaired) electrons. The summed E-state index contributed by atoms with van der Waals surface area (Å²) in [7, 11) is -1.49. The minimum Gasteiger partial charge on any atom is -0.360 e. The third kappa shape index (κ3) is 4.23. The number of nitrogens with one attached hydrogen (secondary N) is 2. The quantitative estimate of drug-likeness (QED) is 0.767. The number of benzene rings is 2. The minimum absolute atomic E-state index is 0.0944. The third-order valence-electron chi connectivity index (χ3n) is 4.67. The zero-order chi connectivity index (χ0) is 18.7. The monoisotopic (exact) mass is 374 g/mol. The SMILES string of the molecule is CC(=O)c1ccc(S(=O)(=O)Nc2ccc(N3CC[NH+](C)CC3)cc2)cc1. The van der Waals surface area contributed by atoms with E-state index in [2.05, 4.69) is 16.7 Å². The highest BCUT2D eigenvalue weighted by Crippen LogP contribution is 2.21. The largest absolute Gasteiger partial charge is 0.360 e. The van der Waals surface area contributed by atoms with Crippen LogP contribution in [0.4, 0.5) is 11.4 Å². The first-order valence-corrected chi connectivity index (χ1v) is 10.1. The lowest BCUT2D eigenvalue weighted by molar-refractivity contribution is -0.880. The molecule has 0 aliphatic carbocycles. The molecule has 2 aromatic carbocycles. The summed E-state index contributed by atoms with van der Waals surface area (Å²) in [6.45, 7) is 5.65. The van der Waals surface area contributed by atoms with Crippen LogP contribution in [-0.4, -0.2) is 47.4 Å². The number of likely N-dealkylation sites (N-methyl/N-ethyl adjacent to an activating group) is 1. The van der Waals surface area contributed by atoms with Gasteiger partial charge < -0.3 is 9.80 Å². The Balaban J connectivity index is 1.70. The maximum absolute atomic E-state index is 12.5. The summed E-state index contributed by atoms with van der Waals surface area (Å²) < 4.78 is 27.6. The number of hydrogen-bond acceptors (Lipinski definition) is 4. The van der Waals surface area contributed by atoms with Gasteiger partial charge in [-0.25, -0.2) is 8.42 Å². The Morgan fingerprint density at radius 1 is 1.00 bits per heavy atom. The Bertz CT molecular complexity index is 869. The van der Waals surface area contributed by atoms with E-state index in [1.165, 1.54) is 36.1 Å². The van der Waals surface area contributed by atoms with Crippen molar-refractivity contribution >= 4 is 27.2 Å². The van der Waals surface area contributed by atoms with Crippen LogP contribution in [0.1, 0.15) is 17.3 Å². The van der Waals surface area contributed by atoms with Gasteiger partial charge in [-0.3, -0.25) is 9.52 Å². The van der Waals surface area contributed by atoms with Gasteiger partial charge in [0, 0.05) is 16.9 Å². The van der Waals surface area contributed by atoms with Crippen LogP contribution in [0, 0.1) is 0 Å². The topological polar surface area (TPSA) is 70.9 Å². The highest BCUT2D eigenvalue weighted by molar-refractivity contribution is 7.92. The Labute approximate surface area is 154 Å². The number of nitrogens with zero attached hydrogens (tertiary/aromatic N) is 1. The minimum atomic E-state index is -3.68. The van der Waals surface area contributed by atoms with E-state index in [9.17, 15) is 13.2 Å². The average Bonchev–Trinajstić information content (AvgIpc) is 2.63. The first-order valence-electron chi connectivity index (χ1n) is 8.65. The summed E-state index contributed by atoms with van der Waals surface area (Å²) in [6.07, 6.45) is 0. The molecule has 138 valence electrons. The molecule has 3 rings (SSSR count). The molecule has 1 aliphatic heterocycles. The van der Waals surface area contributed by atoms with Crippen LogP contribution in [0.5, 0.6) is 0 Å². The molecule has 1 heterocycles. The maximum atomic E-state index is 12.5. The van der Waals surface area contributed by atoms with Crippen LogP contribution in [-0.2, 0) is 10.0 Å². The number of hydrogen-bond donors (Lipinski definition) is 2. The second-order valence-corrected chi connectivity index (χ2v) is 8.36. The van der Waals surface area contributed by atoms with Crippen molar-refractivity contribution in [3.8, 4) is 0 Å². The van der Waals surface area contributed by atoms with Crippen molar-refractivity contribution in [3.63, 3.8) is 0 Å². The van der Waals surface area contributed by atoms with E-state index in [1.54, 1.807) is 12.1 Å². The third-order valence-corrected chi connectivity index (χ3v) is 6.07. The fraction of sp³-hybridized carbons (Fsp3) is 0.316. The molecule has 0 unspecified atom stereocenters. The smallest absolute Gasteiger partial charge is 0.261 e. The Morgan fingerprint density at radius 3 is 2.12 bits per heavy atom. The summed E-state index contributed by atoms with van der Waals surface area (Å²) >= 11 is 0. The summed E-state index contributed by atoms with van der Waals surface area (Å²) in [5.74, 6) is -0.0944. The van der Waals surface area contributed by atoms with Crippen molar-refractivity contribution in [2.24, 2.45) is 0 Å². The van der Waals surface area contributed by atoms with Gasteiger partial charge in [0.25, 0.3) is 10.0 Å². The molecule has 26 heavy (non-hydrogen) atoms. The van der Waals surface area contributed by atoms with Crippen molar-refractivity contribution in [1.82, 2.24) is 0 Å². The lowest BCUT2D eigenvalue weighted by Gasteiger charge is -2.31. The number of carbonyl (C=O) groups is 1. The Kier molecular flexibility index (Phi) is 5.29. The second kappa shape index (κ2) is 7.47. The number of Topliss-reactive ketones (excluding diaryl/α,β-unsaturated/α-hetero) is 1. The van der Waals surface area contributed by atoms with Gasteiger partial charge in [-0.05, 0) is 43.3 Å². The number of ketones is 1. The number of piperazine rings is 1. The Hall–Kier alpha value is -2.38.